The molecule has 94 valence electrons. The summed E-state index contributed by atoms with van der Waals surface area (Å²) in [6.45, 7) is 0. The van der Waals surface area contributed by atoms with Crippen molar-refractivity contribution in [1.82, 2.24) is 0 Å². The van der Waals surface area contributed by atoms with Crippen LogP contribution in [-0.2, 0) is 10.0 Å². The molecule has 0 aliphatic carbocycles. The van der Waals surface area contributed by atoms with E-state index in [0.29, 0.717) is 0 Å². The number of sulfonamides is 1. The molecule has 0 aliphatic heterocycles. The van der Waals surface area contributed by atoms with Gasteiger partial charge in [-0.15, -0.1) is 0 Å². The van der Waals surface area contributed by atoms with E-state index in [-0.39, 0.29) is 17.5 Å². The van der Waals surface area contributed by atoms with E-state index in [1.54, 1.807) is 0 Å². The number of nitrogens with two attached hydrogens (primary N) is 1. The van der Waals surface area contributed by atoms with Gasteiger partial charge in [0.15, 0.2) is 6.29 Å². The lowest BCUT2D eigenvalue weighted by Gasteiger charge is -2.13. The zero-order valence-electron chi connectivity index (χ0n) is 8.15. The molecule has 1 aromatic carbocycles. The molecular formula is C8H7F3N2O3S. The number of alkyl halides is 3. The lowest BCUT2D eigenvalue weighted by molar-refractivity contribution is -0.0429. The SMILES string of the molecule is Nc1cccc(C=O)c1NS(=O)(=O)C(F)(F)F. The maximum Gasteiger partial charge on any atom is 0.516 e. The van der Waals surface area contributed by atoms with E-state index in [1.165, 1.54) is 16.9 Å². The summed E-state index contributed by atoms with van der Waals surface area (Å²) >= 11 is 0. The minimum atomic E-state index is -5.59. The Labute approximate surface area is 94.5 Å². The predicted octanol–water partition coefficient (Wildman–Crippen LogP) is 1.34. The Bertz CT molecular complexity index is 539. The van der Waals surface area contributed by atoms with E-state index in [1.807, 2.05) is 0 Å². The number of nitrogen functional groups attached to an aromatic ring is 1. The molecule has 0 heterocycles. The molecular weight excluding hydrogens is 261 g/mol. The lowest BCUT2D eigenvalue weighted by atomic mass is 10.2. The summed E-state index contributed by atoms with van der Waals surface area (Å²) in [5.41, 5.74) is -1.32. The van der Waals surface area contributed by atoms with Crippen molar-refractivity contribution in [3.63, 3.8) is 0 Å². The average Bonchev–Trinajstić information content (AvgIpc) is 2.19. The molecule has 0 unspecified atom stereocenters. The highest BCUT2D eigenvalue weighted by Crippen LogP contribution is 2.29. The van der Waals surface area contributed by atoms with Crippen LogP contribution in [0.25, 0.3) is 0 Å². The van der Waals surface area contributed by atoms with Crippen molar-refractivity contribution in [3.8, 4) is 0 Å². The van der Waals surface area contributed by atoms with Gasteiger partial charge >= 0.3 is 15.5 Å². The van der Waals surface area contributed by atoms with Crippen LogP contribution in [-0.4, -0.2) is 20.2 Å². The van der Waals surface area contributed by atoms with Crippen LogP contribution in [0.4, 0.5) is 24.5 Å². The van der Waals surface area contributed by atoms with Crippen molar-refractivity contribution >= 4 is 27.7 Å². The number of carbonyl (C=O) groups is 1. The number of rotatable bonds is 3. The fourth-order valence-corrected chi connectivity index (χ4v) is 1.62. The maximum absolute atomic E-state index is 12.1. The van der Waals surface area contributed by atoms with Crippen LogP contribution in [0.15, 0.2) is 18.2 Å². The number of halogens is 3. The number of hydrogen-bond donors (Lipinski definition) is 2. The van der Waals surface area contributed by atoms with Crippen molar-refractivity contribution in [2.75, 3.05) is 10.5 Å². The van der Waals surface area contributed by atoms with Gasteiger partial charge < -0.3 is 5.73 Å². The Kier molecular flexibility index (Phi) is 3.32. The van der Waals surface area contributed by atoms with Crippen LogP contribution >= 0.6 is 0 Å². The monoisotopic (exact) mass is 268 g/mol. The van der Waals surface area contributed by atoms with Crippen molar-refractivity contribution in [2.45, 2.75) is 5.51 Å². The lowest BCUT2D eigenvalue weighted by Crippen LogP contribution is -2.30. The number of anilines is 2. The Balaban J connectivity index is 3.26. The van der Waals surface area contributed by atoms with Crippen LogP contribution in [0.5, 0.6) is 0 Å². The highest BCUT2D eigenvalue weighted by molar-refractivity contribution is 7.93. The highest BCUT2D eigenvalue weighted by Gasteiger charge is 2.46. The third-order valence-corrected chi connectivity index (χ3v) is 2.88. The first-order valence-electron chi connectivity index (χ1n) is 4.12. The number of benzene rings is 1. The van der Waals surface area contributed by atoms with Gasteiger partial charge in [0, 0.05) is 5.56 Å². The Morgan fingerprint density at radius 2 is 1.88 bits per heavy atom. The molecule has 0 saturated carbocycles. The summed E-state index contributed by atoms with van der Waals surface area (Å²) in [5, 5.41) is 0. The second-order valence-electron chi connectivity index (χ2n) is 2.98. The van der Waals surface area contributed by atoms with E-state index < -0.39 is 21.2 Å². The topological polar surface area (TPSA) is 89.3 Å². The minimum absolute atomic E-state index is 0.199. The van der Waals surface area contributed by atoms with Gasteiger partial charge in [-0.1, -0.05) is 6.07 Å². The molecule has 1 aromatic rings. The summed E-state index contributed by atoms with van der Waals surface area (Å²) in [6.07, 6.45) is 0.199. The first kappa shape index (κ1) is 13.3. The predicted molar refractivity (Wildman–Crippen MR) is 54.8 cm³/mol. The molecule has 0 aliphatic rings. The molecule has 0 bridgehead atoms. The molecule has 0 saturated heterocycles. The Morgan fingerprint density at radius 3 is 2.35 bits per heavy atom. The molecule has 3 N–H and O–H groups in total. The molecule has 0 spiro atoms. The molecule has 17 heavy (non-hydrogen) atoms. The summed E-state index contributed by atoms with van der Waals surface area (Å²) in [6, 6.07) is 3.61. The number of para-hydroxylation sites is 1. The fourth-order valence-electron chi connectivity index (χ4n) is 0.997. The summed E-state index contributed by atoms with van der Waals surface area (Å²) < 4.78 is 59.2. The average molecular weight is 268 g/mol. The van der Waals surface area contributed by atoms with Gasteiger partial charge in [0.05, 0.1) is 11.4 Å². The van der Waals surface area contributed by atoms with Crippen LogP contribution < -0.4 is 10.5 Å². The highest BCUT2D eigenvalue weighted by atomic mass is 32.2. The van der Waals surface area contributed by atoms with E-state index in [4.69, 9.17) is 5.73 Å². The van der Waals surface area contributed by atoms with Gasteiger partial charge in [0.25, 0.3) is 0 Å². The number of aldehydes is 1. The van der Waals surface area contributed by atoms with Gasteiger partial charge in [-0.05, 0) is 12.1 Å². The van der Waals surface area contributed by atoms with Gasteiger partial charge in [-0.3, -0.25) is 9.52 Å². The van der Waals surface area contributed by atoms with Crippen molar-refractivity contribution in [2.24, 2.45) is 0 Å². The normalized spacial score (nSPS) is 12.2. The quantitative estimate of drug-likeness (QED) is 0.639. The molecule has 0 radical (unpaired) electrons. The molecule has 0 fully saturated rings. The van der Waals surface area contributed by atoms with Gasteiger partial charge in [0.2, 0.25) is 0 Å². The first-order chi connectivity index (χ1) is 7.69. The Morgan fingerprint density at radius 1 is 1.29 bits per heavy atom. The van der Waals surface area contributed by atoms with Crippen LogP contribution in [0.2, 0.25) is 0 Å². The fraction of sp³-hybridized carbons (Fsp3) is 0.125. The number of carbonyl (C=O) groups excluding carboxylic acids is 1. The molecule has 0 amide bonds. The van der Waals surface area contributed by atoms with E-state index >= 15 is 0 Å². The molecule has 9 heteroatoms. The van der Waals surface area contributed by atoms with E-state index in [0.717, 1.165) is 6.07 Å². The van der Waals surface area contributed by atoms with Crippen LogP contribution in [0.3, 0.4) is 0 Å². The van der Waals surface area contributed by atoms with E-state index in [2.05, 4.69) is 0 Å². The smallest absolute Gasteiger partial charge is 0.397 e. The molecule has 1 rings (SSSR count). The van der Waals surface area contributed by atoms with Crippen LogP contribution in [0, 0.1) is 0 Å². The number of hydrogen-bond acceptors (Lipinski definition) is 4. The first-order valence-corrected chi connectivity index (χ1v) is 5.60. The maximum atomic E-state index is 12.1. The largest absolute Gasteiger partial charge is 0.516 e. The summed E-state index contributed by atoms with van der Waals surface area (Å²) in [4.78, 5) is 10.5. The van der Waals surface area contributed by atoms with Gasteiger partial charge in [-0.25, -0.2) is 0 Å². The summed E-state index contributed by atoms with van der Waals surface area (Å²) in [7, 11) is -5.59. The minimum Gasteiger partial charge on any atom is -0.397 e. The molecule has 0 aromatic heterocycles. The zero-order valence-corrected chi connectivity index (χ0v) is 8.97. The van der Waals surface area contributed by atoms with Gasteiger partial charge in [-0.2, -0.15) is 21.6 Å². The third-order valence-electron chi connectivity index (χ3n) is 1.80. The second-order valence-corrected chi connectivity index (χ2v) is 4.65. The van der Waals surface area contributed by atoms with Crippen molar-refractivity contribution < 1.29 is 26.4 Å². The van der Waals surface area contributed by atoms with Crippen molar-refractivity contribution in [3.05, 3.63) is 23.8 Å². The molecule has 5 nitrogen and oxygen atoms in total. The summed E-state index contributed by atoms with van der Waals surface area (Å²) in [5.74, 6) is 0. The third kappa shape index (κ3) is 2.67. The van der Waals surface area contributed by atoms with Crippen molar-refractivity contribution in [1.29, 1.82) is 0 Å². The number of nitrogens with one attached hydrogen (secondary N) is 1. The standard InChI is InChI=1S/C8H7F3N2O3S/c9-8(10,11)17(15,16)13-7-5(4-14)2-1-3-6(7)12/h1-4,13H,12H2. The second kappa shape index (κ2) is 4.24. The van der Waals surface area contributed by atoms with E-state index in [9.17, 15) is 26.4 Å². The zero-order chi connectivity index (χ0) is 13.3. The van der Waals surface area contributed by atoms with Crippen LogP contribution in [0.1, 0.15) is 10.4 Å². The van der Waals surface area contributed by atoms with Gasteiger partial charge in [0.1, 0.15) is 0 Å². The molecule has 0 atom stereocenters. The Hall–Kier alpha value is -1.77.